The maximum Gasteiger partial charge on any atom is 0.255 e. The van der Waals surface area contributed by atoms with Gasteiger partial charge in [-0.25, -0.2) is 0 Å². The fourth-order valence-corrected chi connectivity index (χ4v) is 2.92. The van der Waals surface area contributed by atoms with Crippen molar-refractivity contribution < 1.29 is 14.3 Å². The van der Waals surface area contributed by atoms with Gasteiger partial charge in [-0.3, -0.25) is 9.59 Å². The van der Waals surface area contributed by atoms with Gasteiger partial charge in [0.1, 0.15) is 5.75 Å². The number of ether oxygens (including phenoxy) is 1. The molecule has 0 radical (unpaired) electrons. The largest absolute Gasteiger partial charge is 0.496 e. The van der Waals surface area contributed by atoms with Crippen LogP contribution >= 0.6 is 24.0 Å². The lowest BCUT2D eigenvalue weighted by Crippen LogP contribution is -2.34. The third-order valence-corrected chi connectivity index (χ3v) is 4.45. The number of nitrogens with two attached hydrogens (primary N) is 1. The molecular weight excluding hydrogens is 365 g/mol. The minimum Gasteiger partial charge on any atom is -0.496 e. The van der Waals surface area contributed by atoms with E-state index in [1.54, 1.807) is 0 Å². The highest BCUT2D eigenvalue weighted by atomic mass is 35.5. The number of nitrogen functional groups attached to an aromatic ring is 1. The molecule has 1 aliphatic heterocycles. The standard InChI is InChI=1S/C17H24ClN3O3.ClH/c1-24-15-11-14(19)13(18)10-12(15)17(23)20-7-5-9-21-8-4-2-3-6-16(21)22;/h10-11H,2-9,19H2,1H3,(H,20,23);1H. The van der Waals surface area contributed by atoms with Crippen molar-refractivity contribution in [3.63, 3.8) is 0 Å². The first kappa shape index (κ1) is 21.4. The van der Waals surface area contributed by atoms with Gasteiger partial charge in [0.25, 0.3) is 5.91 Å². The second kappa shape index (κ2) is 10.4. The van der Waals surface area contributed by atoms with Crippen LogP contribution in [0.15, 0.2) is 12.1 Å². The average Bonchev–Trinajstić information content (AvgIpc) is 2.78. The molecule has 1 fully saturated rings. The van der Waals surface area contributed by atoms with Gasteiger partial charge in [0, 0.05) is 32.1 Å². The molecule has 1 aliphatic rings. The highest BCUT2D eigenvalue weighted by molar-refractivity contribution is 6.33. The van der Waals surface area contributed by atoms with E-state index in [4.69, 9.17) is 22.1 Å². The molecule has 25 heavy (non-hydrogen) atoms. The first-order valence-corrected chi connectivity index (χ1v) is 8.59. The Kier molecular flexibility index (Phi) is 8.86. The van der Waals surface area contributed by atoms with Gasteiger partial charge in [0.2, 0.25) is 5.91 Å². The van der Waals surface area contributed by atoms with E-state index in [-0.39, 0.29) is 24.2 Å². The Bertz CT molecular complexity index is 611. The lowest BCUT2D eigenvalue weighted by Gasteiger charge is -2.20. The molecule has 0 unspecified atom stereocenters. The summed E-state index contributed by atoms with van der Waals surface area (Å²) in [6, 6.07) is 3.04. The molecule has 1 heterocycles. The monoisotopic (exact) mass is 389 g/mol. The number of carbonyl (C=O) groups excluding carboxylic acids is 2. The summed E-state index contributed by atoms with van der Waals surface area (Å²) in [6.07, 6.45) is 4.48. The lowest BCUT2D eigenvalue weighted by molar-refractivity contribution is -0.130. The Morgan fingerprint density at radius 3 is 2.84 bits per heavy atom. The van der Waals surface area contributed by atoms with Crippen LogP contribution in [0.3, 0.4) is 0 Å². The van der Waals surface area contributed by atoms with Gasteiger partial charge in [-0.05, 0) is 25.3 Å². The van der Waals surface area contributed by atoms with Crippen LogP contribution in [0.2, 0.25) is 5.02 Å². The minimum absolute atomic E-state index is 0. The molecule has 1 aromatic carbocycles. The number of carbonyl (C=O) groups is 2. The highest BCUT2D eigenvalue weighted by Crippen LogP contribution is 2.28. The van der Waals surface area contributed by atoms with Crippen molar-refractivity contribution in [3.05, 3.63) is 22.7 Å². The molecule has 0 saturated carbocycles. The van der Waals surface area contributed by atoms with Gasteiger partial charge < -0.3 is 20.7 Å². The predicted molar refractivity (Wildman–Crippen MR) is 102 cm³/mol. The van der Waals surface area contributed by atoms with Crippen LogP contribution in [-0.4, -0.2) is 43.5 Å². The Labute approximate surface area is 159 Å². The van der Waals surface area contributed by atoms with Crippen molar-refractivity contribution in [2.24, 2.45) is 0 Å². The summed E-state index contributed by atoms with van der Waals surface area (Å²) >= 11 is 5.98. The molecule has 3 N–H and O–H groups in total. The van der Waals surface area contributed by atoms with E-state index >= 15 is 0 Å². The molecule has 6 nitrogen and oxygen atoms in total. The Morgan fingerprint density at radius 2 is 2.12 bits per heavy atom. The van der Waals surface area contributed by atoms with Gasteiger partial charge >= 0.3 is 0 Å². The van der Waals surface area contributed by atoms with Gasteiger partial charge in [-0.15, -0.1) is 12.4 Å². The van der Waals surface area contributed by atoms with E-state index in [0.717, 1.165) is 25.8 Å². The molecule has 0 atom stereocenters. The van der Waals surface area contributed by atoms with E-state index in [1.165, 1.54) is 19.2 Å². The number of likely N-dealkylation sites (tertiary alicyclic amines) is 1. The van der Waals surface area contributed by atoms with Crippen LogP contribution < -0.4 is 15.8 Å². The molecule has 140 valence electrons. The normalized spacial score (nSPS) is 14.5. The summed E-state index contributed by atoms with van der Waals surface area (Å²) in [5.41, 5.74) is 6.43. The fraction of sp³-hybridized carbons (Fsp3) is 0.529. The van der Waals surface area contributed by atoms with Gasteiger partial charge in [-0.1, -0.05) is 18.0 Å². The Balaban J connectivity index is 0.00000312. The van der Waals surface area contributed by atoms with E-state index in [9.17, 15) is 9.59 Å². The second-order valence-corrected chi connectivity index (χ2v) is 6.28. The molecule has 0 aliphatic carbocycles. The quantitative estimate of drug-likeness (QED) is 0.578. The second-order valence-electron chi connectivity index (χ2n) is 5.87. The van der Waals surface area contributed by atoms with E-state index in [0.29, 0.717) is 48.0 Å². The summed E-state index contributed by atoms with van der Waals surface area (Å²) in [4.78, 5) is 26.1. The van der Waals surface area contributed by atoms with Gasteiger partial charge in [0.05, 0.1) is 23.4 Å². The van der Waals surface area contributed by atoms with Crippen molar-refractivity contribution in [2.75, 3.05) is 32.5 Å². The minimum atomic E-state index is -0.268. The van der Waals surface area contributed by atoms with Crippen LogP contribution in [-0.2, 0) is 4.79 Å². The molecule has 2 rings (SSSR count). The topological polar surface area (TPSA) is 84.7 Å². The van der Waals surface area contributed by atoms with E-state index in [2.05, 4.69) is 5.32 Å². The van der Waals surface area contributed by atoms with Crippen LogP contribution in [0.4, 0.5) is 5.69 Å². The molecular formula is C17H25Cl2N3O3. The number of halogens is 2. The zero-order chi connectivity index (χ0) is 17.5. The third-order valence-electron chi connectivity index (χ3n) is 4.13. The number of nitrogens with one attached hydrogen (secondary N) is 1. The SMILES string of the molecule is COc1cc(N)c(Cl)cc1C(=O)NCCCN1CCCCCC1=O.Cl. The van der Waals surface area contributed by atoms with Crippen LogP contribution in [0.1, 0.15) is 42.5 Å². The summed E-state index contributed by atoms with van der Waals surface area (Å²) in [5.74, 6) is 0.332. The van der Waals surface area contributed by atoms with E-state index < -0.39 is 0 Å². The first-order chi connectivity index (χ1) is 11.5. The smallest absolute Gasteiger partial charge is 0.255 e. The molecule has 2 amide bonds. The molecule has 8 heteroatoms. The number of methoxy groups -OCH3 is 1. The zero-order valence-electron chi connectivity index (χ0n) is 14.3. The van der Waals surface area contributed by atoms with E-state index in [1.807, 2.05) is 4.90 Å². The molecule has 1 aromatic rings. The summed E-state index contributed by atoms with van der Waals surface area (Å²) in [6.45, 7) is 1.96. The Morgan fingerprint density at radius 1 is 1.36 bits per heavy atom. The number of nitrogens with zero attached hydrogens (tertiary/aromatic N) is 1. The number of hydrogen-bond acceptors (Lipinski definition) is 4. The van der Waals surface area contributed by atoms with Crippen LogP contribution in [0.25, 0.3) is 0 Å². The van der Waals surface area contributed by atoms with Crippen LogP contribution in [0.5, 0.6) is 5.75 Å². The molecule has 0 aromatic heterocycles. The van der Waals surface area contributed by atoms with Crippen molar-refractivity contribution in [1.29, 1.82) is 0 Å². The van der Waals surface area contributed by atoms with Crippen molar-refractivity contribution in [2.45, 2.75) is 32.1 Å². The average molecular weight is 390 g/mol. The lowest BCUT2D eigenvalue weighted by atomic mass is 10.1. The predicted octanol–water partition coefficient (Wildman–Crippen LogP) is 2.88. The number of benzene rings is 1. The zero-order valence-corrected chi connectivity index (χ0v) is 15.9. The fourth-order valence-electron chi connectivity index (χ4n) is 2.76. The molecule has 0 spiro atoms. The van der Waals surface area contributed by atoms with Crippen molar-refractivity contribution in [1.82, 2.24) is 10.2 Å². The highest BCUT2D eigenvalue weighted by Gasteiger charge is 2.17. The summed E-state index contributed by atoms with van der Waals surface area (Å²) < 4.78 is 5.18. The third kappa shape index (κ3) is 5.97. The van der Waals surface area contributed by atoms with Crippen molar-refractivity contribution in [3.8, 4) is 5.75 Å². The summed E-state index contributed by atoms with van der Waals surface area (Å²) in [5, 5.41) is 3.15. The summed E-state index contributed by atoms with van der Waals surface area (Å²) in [7, 11) is 1.48. The maximum atomic E-state index is 12.3. The van der Waals surface area contributed by atoms with Crippen molar-refractivity contribution >= 4 is 41.5 Å². The number of amides is 2. The van der Waals surface area contributed by atoms with Gasteiger partial charge in [-0.2, -0.15) is 0 Å². The van der Waals surface area contributed by atoms with Gasteiger partial charge in [0.15, 0.2) is 0 Å². The number of hydrogen-bond donors (Lipinski definition) is 2. The molecule has 1 saturated heterocycles. The molecule has 0 bridgehead atoms. The maximum absolute atomic E-state index is 12.3. The Hall–Kier alpha value is -1.66. The van der Waals surface area contributed by atoms with Crippen LogP contribution in [0, 0.1) is 0 Å². The number of anilines is 1. The first-order valence-electron chi connectivity index (χ1n) is 8.22. The number of rotatable bonds is 6.